The van der Waals surface area contributed by atoms with Crippen molar-refractivity contribution in [1.29, 1.82) is 0 Å². The third kappa shape index (κ3) is 10.4. The summed E-state index contributed by atoms with van der Waals surface area (Å²) in [6.07, 6.45) is 18.0. The first-order chi connectivity index (χ1) is 13.4. The van der Waals surface area contributed by atoms with Gasteiger partial charge >= 0.3 is 0 Å². The van der Waals surface area contributed by atoms with Crippen LogP contribution in [-0.4, -0.2) is 0 Å². The highest BCUT2D eigenvalue weighted by Crippen LogP contribution is 2.21. The van der Waals surface area contributed by atoms with Crippen molar-refractivity contribution in [3.63, 3.8) is 0 Å². The van der Waals surface area contributed by atoms with E-state index in [-0.39, 0.29) is 0 Å². The minimum atomic E-state index is 0.767. The van der Waals surface area contributed by atoms with Gasteiger partial charge in [0.2, 0.25) is 0 Å². The molecule has 0 amide bonds. The van der Waals surface area contributed by atoms with E-state index in [0.29, 0.717) is 0 Å². The van der Waals surface area contributed by atoms with E-state index in [0.717, 1.165) is 5.92 Å². The van der Waals surface area contributed by atoms with Crippen LogP contribution < -0.4 is 0 Å². The molecule has 2 rings (SSSR count). The van der Waals surface area contributed by atoms with Crippen LogP contribution in [0.5, 0.6) is 0 Å². The number of hydrogen-bond acceptors (Lipinski definition) is 0. The first kappa shape index (κ1) is 21.7. The molecule has 27 heavy (non-hydrogen) atoms. The molecule has 148 valence electrons. The summed E-state index contributed by atoms with van der Waals surface area (Å²) >= 11 is 0. The van der Waals surface area contributed by atoms with Crippen molar-refractivity contribution in [2.24, 2.45) is 5.92 Å². The fourth-order valence-corrected chi connectivity index (χ4v) is 4.09. The molecule has 0 aliphatic carbocycles. The monoisotopic (exact) mass is 364 g/mol. The average Bonchev–Trinajstić information content (AvgIpc) is 2.71. The second kappa shape index (κ2) is 14.5. The lowest BCUT2D eigenvalue weighted by atomic mass is 9.88. The first-order valence-electron chi connectivity index (χ1n) is 11.5. The highest BCUT2D eigenvalue weighted by atomic mass is 14.2. The second-order valence-corrected chi connectivity index (χ2v) is 8.22. The van der Waals surface area contributed by atoms with E-state index < -0.39 is 0 Å². The van der Waals surface area contributed by atoms with Gasteiger partial charge in [-0.05, 0) is 36.3 Å². The van der Waals surface area contributed by atoms with Gasteiger partial charge < -0.3 is 0 Å². The Labute approximate surface area is 168 Å². The maximum atomic E-state index is 2.29. The Morgan fingerprint density at radius 3 is 1.37 bits per heavy atom. The summed E-state index contributed by atoms with van der Waals surface area (Å²) in [7, 11) is 0. The molecule has 0 heteroatoms. The molecule has 0 fully saturated rings. The highest BCUT2D eigenvalue weighted by Gasteiger charge is 2.11. The fourth-order valence-electron chi connectivity index (χ4n) is 4.09. The molecule has 0 radical (unpaired) electrons. The van der Waals surface area contributed by atoms with Crippen molar-refractivity contribution in [3.05, 3.63) is 71.8 Å². The van der Waals surface area contributed by atoms with Gasteiger partial charge in [0.05, 0.1) is 0 Å². The summed E-state index contributed by atoms with van der Waals surface area (Å²) in [5.41, 5.74) is 2.98. The van der Waals surface area contributed by atoms with Crippen LogP contribution in [0.15, 0.2) is 60.7 Å². The SMILES string of the molecule is CCCCCCCCCCCCC(Cc1ccccc1)Cc1ccccc1. The largest absolute Gasteiger partial charge is 0.0654 e. The molecule has 0 aliphatic rings. The summed E-state index contributed by atoms with van der Waals surface area (Å²) in [6, 6.07) is 22.1. The molecule has 0 saturated carbocycles. The molecule has 0 spiro atoms. The molecule has 0 atom stereocenters. The number of hydrogen-bond donors (Lipinski definition) is 0. The maximum Gasteiger partial charge on any atom is -0.0247 e. The minimum Gasteiger partial charge on any atom is -0.0654 e. The van der Waals surface area contributed by atoms with Crippen LogP contribution in [0.4, 0.5) is 0 Å². The van der Waals surface area contributed by atoms with Crippen molar-refractivity contribution in [2.75, 3.05) is 0 Å². The lowest BCUT2D eigenvalue weighted by Gasteiger charge is -2.17. The van der Waals surface area contributed by atoms with Crippen molar-refractivity contribution in [1.82, 2.24) is 0 Å². The van der Waals surface area contributed by atoms with Gasteiger partial charge in [-0.3, -0.25) is 0 Å². The van der Waals surface area contributed by atoms with Crippen molar-refractivity contribution < 1.29 is 0 Å². The predicted octanol–water partition coefficient (Wildman–Crippen LogP) is 8.40. The van der Waals surface area contributed by atoms with Gasteiger partial charge in [-0.25, -0.2) is 0 Å². The lowest BCUT2D eigenvalue weighted by Crippen LogP contribution is -2.08. The summed E-state index contributed by atoms with van der Waals surface area (Å²) in [6.45, 7) is 2.29. The topological polar surface area (TPSA) is 0 Å². The standard InChI is InChI=1S/C27H40/c1-2-3-4-5-6-7-8-9-10-13-22-27(23-25-18-14-11-15-19-25)24-26-20-16-12-17-21-26/h11-12,14-21,27H,2-10,13,22-24H2,1H3. The normalized spacial score (nSPS) is 11.2. The summed E-state index contributed by atoms with van der Waals surface area (Å²) < 4.78 is 0. The predicted molar refractivity (Wildman–Crippen MR) is 120 cm³/mol. The number of unbranched alkanes of at least 4 members (excludes halogenated alkanes) is 9. The van der Waals surface area contributed by atoms with Gasteiger partial charge in [-0.1, -0.05) is 132 Å². The van der Waals surface area contributed by atoms with Crippen LogP contribution in [0.2, 0.25) is 0 Å². The van der Waals surface area contributed by atoms with Crippen molar-refractivity contribution in [3.8, 4) is 0 Å². The Morgan fingerprint density at radius 1 is 0.519 bits per heavy atom. The van der Waals surface area contributed by atoms with Crippen LogP contribution in [0, 0.1) is 5.92 Å². The second-order valence-electron chi connectivity index (χ2n) is 8.22. The molecule has 0 N–H and O–H groups in total. The lowest BCUT2D eigenvalue weighted by molar-refractivity contribution is 0.444. The summed E-state index contributed by atoms with van der Waals surface area (Å²) in [5, 5.41) is 0. The molecule has 0 aromatic heterocycles. The Bertz CT molecular complexity index is 516. The quantitative estimate of drug-likeness (QED) is 0.278. The van der Waals surface area contributed by atoms with Crippen LogP contribution in [0.3, 0.4) is 0 Å². The zero-order valence-corrected chi connectivity index (χ0v) is 17.5. The van der Waals surface area contributed by atoms with Gasteiger partial charge in [-0.2, -0.15) is 0 Å². The van der Waals surface area contributed by atoms with Gasteiger partial charge in [-0.15, -0.1) is 0 Å². The van der Waals surface area contributed by atoms with Crippen LogP contribution in [0.1, 0.15) is 88.7 Å². The van der Waals surface area contributed by atoms with Crippen molar-refractivity contribution >= 4 is 0 Å². The van der Waals surface area contributed by atoms with Gasteiger partial charge in [0, 0.05) is 0 Å². The molecule has 0 unspecified atom stereocenters. The minimum absolute atomic E-state index is 0.767. The van der Waals surface area contributed by atoms with E-state index in [1.165, 1.54) is 94.6 Å². The fraction of sp³-hybridized carbons (Fsp3) is 0.556. The molecule has 0 bridgehead atoms. The Balaban J connectivity index is 1.66. The van der Waals surface area contributed by atoms with E-state index in [4.69, 9.17) is 0 Å². The van der Waals surface area contributed by atoms with Crippen molar-refractivity contribution in [2.45, 2.75) is 90.4 Å². The van der Waals surface area contributed by atoms with Crippen LogP contribution in [-0.2, 0) is 12.8 Å². The summed E-state index contributed by atoms with van der Waals surface area (Å²) in [4.78, 5) is 0. The third-order valence-electron chi connectivity index (χ3n) is 5.70. The molecule has 0 nitrogen and oxygen atoms in total. The first-order valence-corrected chi connectivity index (χ1v) is 11.5. The van der Waals surface area contributed by atoms with Crippen LogP contribution >= 0.6 is 0 Å². The third-order valence-corrected chi connectivity index (χ3v) is 5.70. The van der Waals surface area contributed by atoms with E-state index in [1.807, 2.05) is 0 Å². The van der Waals surface area contributed by atoms with E-state index >= 15 is 0 Å². The van der Waals surface area contributed by atoms with Gasteiger partial charge in [0.1, 0.15) is 0 Å². The zero-order chi connectivity index (χ0) is 19.0. The Morgan fingerprint density at radius 2 is 0.926 bits per heavy atom. The Kier molecular flexibility index (Phi) is 11.7. The molecular formula is C27H40. The number of rotatable bonds is 15. The highest BCUT2D eigenvalue weighted by molar-refractivity contribution is 5.18. The Hall–Kier alpha value is -1.56. The van der Waals surface area contributed by atoms with E-state index in [1.54, 1.807) is 0 Å². The molecule has 0 heterocycles. The maximum absolute atomic E-state index is 2.29. The molecular weight excluding hydrogens is 324 g/mol. The summed E-state index contributed by atoms with van der Waals surface area (Å²) in [5.74, 6) is 0.767. The van der Waals surface area contributed by atoms with Gasteiger partial charge in [0.15, 0.2) is 0 Å². The van der Waals surface area contributed by atoms with Gasteiger partial charge in [0.25, 0.3) is 0 Å². The molecule has 0 aliphatic heterocycles. The zero-order valence-electron chi connectivity index (χ0n) is 17.5. The van der Waals surface area contributed by atoms with E-state index in [2.05, 4.69) is 67.6 Å². The van der Waals surface area contributed by atoms with Crippen LogP contribution in [0.25, 0.3) is 0 Å². The number of benzene rings is 2. The molecule has 2 aromatic carbocycles. The van der Waals surface area contributed by atoms with E-state index in [9.17, 15) is 0 Å². The molecule has 2 aromatic rings. The smallest absolute Gasteiger partial charge is 0.0247 e. The average molecular weight is 365 g/mol. The molecule has 0 saturated heterocycles.